The van der Waals surface area contributed by atoms with E-state index >= 15 is 0 Å². The third-order valence-corrected chi connectivity index (χ3v) is 6.85. The van der Waals surface area contributed by atoms with E-state index < -0.39 is 0 Å². The standard InChI is InChI=1S/C26H30N6O/c1-3-23-18-31(17-19(2)32(23)24-8-7-21(15-28)16-29-24)25(33)9-12-30-26(10-11-26)22-6-4-5-20(13-22)14-27/h4-8,13,16,19,23,30H,3,9-12,17-18H2,1-2H3/t19?,23-/m0/s1. The largest absolute Gasteiger partial charge is 0.347 e. The first kappa shape index (κ1) is 22.8. The first-order chi connectivity index (χ1) is 16.0. The molecule has 0 spiro atoms. The zero-order valence-electron chi connectivity index (χ0n) is 19.3. The number of rotatable bonds is 7. The number of nitrogens with one attached hydrogen (secondary N) is 1. The molecule has 1 aliphatic heterocycles. The van der Waals surface area contributed by atoms with Gasteiger partial charge in [0.15, 0.2) is 0 Å². The van der Waals surface area contributed by atoms with Gasteiger partial charge in [0.1, 0.15) is 11.9 Å². The van der Waals surface area contributed by atoms with E-state index in [4.69, 9.17) is 5.26 Å². The Kier molecular flexibility index (Phi) is 6.62. The van der Waals surface area contributed by atoms with E-state index in [-0.39, 0.29) is 23.5 Å². The minimum absolute atomic E-state index is 0.0909. The van der Waals surface area contributed by atoms with Crippen molar-refractivity contribution < 1.29 is 4.79 Å². The number of nitrogens with zero attached hydrogens (tertiary/aromatic N) is 5. The normalized spacial score (nSPS) is 21.2. The van der Waals surface area contributed by atoms with E-state index in [1.165, 1.54) is 0 Å². The molecule has 2 aliphatic rings. The Morgan fingerprint density at radius 3 is 2.61 bits per heavy atom. The zero-order chi connectivity index (χ0) is 23.4. The van der Waals surface area contributed by atoms with Crippen LogP contribution < -0.4 is 10.2 Å². The van der Waals surface area contributed by atoms with Crippen molar-refractivity contribution in [1.29, 1.82) is 10.5 Å². The average Bonchev–Trinajstić information content (AvgIpc) is 3.64. The second kappa shape index (κ2) is 9.60. The number of amides is 1. The molecule has 1 aromatic carbocycles. The van der Waals surface area contributed by atoms with Crippen LogP contribution in [0.25, 0.3) is 0 Å². The molecule has 4 rings (SSSR count). The maximum atomic E-state index is 13.0. The topological polar surface area (TPSA) is 96.0 Å². The third-order valence-electron chi connectivity index (χ3n) is 6.85. The van der Waals surface area contributed by atoms with Gasteiger partial charge in [0, 0.05) is 49.9 Å². The Hall–Kier alpha value is -3.42. The summed E-state index contributed by atoms with van der Waals surface area (Å²) in [7, 11) is 0. The number of hydrogen-bond donors (Lipinski definition) is 1. The summed E-state index contributed by atoms with van der Waals surface area (Å²) < 4.78 is 0. The maximum Gasteiger partial charge on any atom is 0.223 e. The fourth-order valence-corrected chi connectivity index (χ4v) is 4.88. The maximum absolute atomic E-state index is 13.0. The molecule has 2 atom stereocenters. The van der Waals surface area contributed by atoms with Crippen LogP contribution in [0.4, 0.5) is 5.82 Å². The van der Waals surface area contributed by atoms with Crippen LogP contribution in [0.3, 0.4) is 0 Å². The fraction of sp³-hybridized carbons (Fsp3) is 0.462. The highest BCUT2D eigenvalue weighted by Gasteiger charge is 2.44. The van der Waals surface area contributed by atoms with Crippen LogP contribution in [0.5, 0.6) is 0 Å². The highest BCUT2D eigenvalue weighted by molar-refractivity contribution is 5.77. The molecule has 2 heterocycles. The van der Waals surface area contributed by atoms with Crippen molar-refractivity contribution in [2.45, 2.75) is 57.2 Å². The number of benzene rings is 1. The van der Waals surface area contributed by atoms with Gasteiger partial charge in [-0.25, -0.2) is 4.98 Å². The first-order valence-electron chi connectivity index (χ1n) is 11.7. The fourth-order valence-electron chi connectivity index (χ4n) is 4.88. The lowest BCUT2D eigenvalue weighted by atomic mass is 10.0. The molecule has 7 heteroatoms. The van der Waals surface area contributed by atoms with E-state index in [1.54, 1.807) is 12.3 Å². The van der Waals surface area contributed by atoms with E-state index in [0.29, 0.717) is 37.2 Å². The number of piperazine rings is 1. The Morgan fingerprint density at radius 2 is 1.97 bits per heavy atom. The van der Waals surface area contributed by atoms with Gasteiger partial charge in [0.25, 0.3) is 0 Å². The van der Waals surface area contributed by atoms with Crippen molar-refractivity contribution in [3.05, 3.63) is 59.3 Å². The molecule has 0 radical (unpaired) electrons. The van der Waals surface area contributed by atoms with Crippen molar-refractivity contribution in [3.8, 4) is 12.1 Å². The molecule has 1 aromatic heterocycles. The van der Waals surface area contributed by atoms with E-state index in [9.17, 15) is 10.1 Å². The summed E-state index contributed by atoms with van der Waals surface area (Å²) in [4.78, 5) is 21.8. The van der Waals surface area contributed by atoms with Crippen molar-refractivity contribution in [3.63, 3.8) is 0 Å². The number of carbonyl (C=O) groups is 1. The van der Waals surface area contributed by atoms with Crippen LogP contribution in [-0.4, -0.2) is 47.5 Å². The second-order valence-electron chi connectivity index (χ2n) is 9.09. The predicted molar refractivity (Wildman–Crippen MR) is 126 cm³/mol. The van der Waals surface area contributed by atoms with Crippen LogP contribution in [0, 0.1) is 22.7 Å². The molecule has 1 saturated carbocycles. The molecule has 1 N–H and O–H groups in total. The average molecular weight is 443 g/mol. The van der Waals surface area contributed by atoms with Crippen molar-refractivity contribution in [1.82, 2.24) is 15.2 Å². The van der Waals surface area contributed by atoms with Crippen molar-refractivity contribution in [2.75, 3.05) is 24.5 Å². The Balaban J connectivity index is 1.34. The molecule has 1 unspecified atom stereocenters. The number of carbonyl (C=O) groups excluding carboxylic acids is 1. The molecule has 0 bridgehead atoms. The van der Waals surface area contributed by atoms with Crippen molar-refractivity contribution >= 4 is 11.7 Å². The quantitative estimate of drug-likeness (QED) is 0.707. The van der Waals surface area contributed by atoms with Crippen LogP contribution >= 0.6 is 0 Å². The van der Waals surface area contributed by atoms with Crippen LogP contribution in [0.2, 0.25) is 0 Å². The van der Waals surface area contributed by atoms with Crippen LogP contribution in [0.1, 0.15) is 56.2 Å². The summed E-state index contributed by atoms with van der Waals surface area (Å²) in [5, 5.41) is 21.8. The molecule has 1 amide bonds. The van der Waals surface area contributed by atoms with Gasteiger partial charge in [0.2, 0.25) is 5.91 Å². The van der Waals surface area contributed by atoms with Gasteiger partial charge in [-0.1, -0.05) is 19.1 Å². The Labute approximate surface area is 195 Å². The lowest BCUT2D eigenvalue weighted by Gasteiger charge is -2.46. The molecule has 2 aromatic rings. The molecule has 33 heavy (non-hydrogen) atoms. The van der Waals surface area contributed by atoms with Gasteiger partial charge in [-0.15, -0.1) is 0 Å². The van der Waals surface area contributed by atoms with Gasteiger partial charge >= 0.3 is 0 Å². The Morgan fingerprint density at radius 1 is 1.18 bits per heavy atom. The van der Waals surface area contributed by atoms with Gasteiger partial charge in [0.05, 0.1) is 17.2 Å². The smallest absolute Gasteiger partial charge is 0.223 e. The number of hydrogen-bond acceptors (Lipinski definition) is 6. The summed E-state index contributed by atoms with van der Waals surface area (Å²) in [5.41, 5.74) is 2.27. The molecule has 7 nitrogen and oxygen atoms in total. The van der Waals surface area contributed by atoms with Crippen molar-refractivity contribution in [2.24, 2.45) is 0 Å². The minimum Gasteiger partial charge on any atom is -0.347 e. The van der Waals surface area contributed by atoms with Crippen LogP contribution in [-0.2, 0) is 10.3 Å². The van der Waals surface area contributed by atoms with Crippen LogP contribution in [0.15, 0.2) is 42.6 Å². The highest BCUT2D eigenvalue weighted by atomic mass is 16.2. The molecule has 1 saturated heterocycles. The Bertz CT molecular complexity index is 1080. The SMILES string of the molecule is CC[C@H]1CN(C(=O)CCNC2(c3cccc(C#N)c3)CC2)CC(C)N1c1ccc(C#N)cn1. The minimum atomic E-state index is -0.0909. The number of anilines is 1. The third kappa shape index (κ3) is 4.84. The highest BCUT2D eigenvalue weighted by Crippen LogP contribution is 2.45. The summed E-state index contributed by atoms with van der Waals surface area (Å²) in [6, 6.07) is 16.1. The number of aromatic nitrogens is 1. The van der Waals surface area contributed by atoms with Gasteiger partial charge in [-0.2, -0.15) is 10.5 Å². The zero-order valence-corrected chi connectivity index (χ0v) is 19.3. The molecular weight excluding hydrogens is 412 g/mol. The van der Waals surface area contributed by atoms with E-state index in [0.717, 1.165) is 30.6 Å². The monoisotopic (exact) mass is 442 g/mol. The number of pyridine rings is 1. The van der Waals surface area contributed by atoms with E-state index in [1.807, 2.05) is 29.2 Å². The molecular formula is C26H30N6O. The summed E-state index contributed by atoms with van der Waals surface area (Å²) in [6.07, 6.45) is 5.03. The van der Waals surface area contributed by atoms with Gasteiger partial charge in [-0.3, -0.25) is 4.79 Å². The van der Waals surface area contributed by atoms with Gasteiger partial charge < -0.3 is 15.1 Å². The molecule has 2 fully saturated rings. The van der Waals surface area contributed by atoms with Gasteiger partial charge in [-0.05, 0) is 56.0 Å². The number of nitriles is 2. The first-order valence-corrected chi connectivity index (χ1v) is 11.7. The predicted octanol–water partition coefficient (Wildman–Crippen LogP) is 3.31. The van der Waals surface area contributed by atoms with E-state index in [2.05, 4.69) is 47.3 Å². The summed E-state index contributed by atoms with van der Waals surface area (Å²) in [6.45, 7) is 6.22. The molecule has 1 aliphatic carbocycles. The summed E-state index contributed by atoms with van der Waals surface area (Å²) in [5.74, 6) is 1.03. The lowest BCUT2D eigenvalue weighted by Crippen LogP contribution is -2.59. The second-order valence-corrected chi connectivity index (χ2v) is 9.09. The lowest BCUT2D eigenvalue weighted by molar-refractivity contribution is -0.132. The molecule has 170 valence electrons. The summed E-state index contributed by atoms with van der Waals surface area (Å²) >= 11 is 0.